The zero-order chi connectivity index (χ0) is 37.9. The van der Waals surface area contributed by atoms with Crippen LogP contribution in [-0.4, -0.2) is 0 Å². The first-order valence-corrected chi connectivity index (χ1v) is 12.5. The Morgan fingerprint density at radius 2 is 1.08 bits per heavy atom. The van der Waals surface area contributed by atoms with Crippen LogP contribution in [0, 0.1) is 0 Å². The predicted octanol–water partition coefficient (Wildman–Crippen LogP) is 10.2. The number of furan rings is 1. The molecular weight excluding hydrogens is 472 g/mol. The molecule has 0 saturated carbocycles. The largest absolute Gasteiger partial charge is 0.456 e. The first kappa shape index (κ1) is 12.3. The minimum Gasteiger partial charge on any atom is -0.456 e. The summed E-state index contributed by atoms with van der Waals surface area (Å²) in [5.74, 6) is 0. The minimum absolute atomic E-state index is 0.00483. The highest BCUT2D eigenvalue weighted by Crippen LogP contribution is 2.38. The van der Waals surface area contributed by atoms with Crippen LogP contribution < -0.4 is 0 Å². The highest BCUT2D eigenvalue weighted by atomic mass is 16.3. The number of benzene rings is 7. The molecule has 0 fully saturated rings. The second-order valence-corrected chi connectivity index (χ2v) is 9.38. The lowest BCUT2D eigenvalue weighted by Crippen LogP contribution is -1.99. The molecule has 0 N–H and O–H groups in total. The zero-order valence-corrected chi connectivity index (χ0v) is 20.4. The molecule has 0 aliphatic rings. The van der Waals surface area contributed by atoms with E-state index in [0.29, 0.717) is 16.7 Å². The van der Waals surface area contributed by atoms with E-state index in [1.54, 1.807) is 6.07 Å². The first-order valence-electron chi connectivity index (χ1n) is 19.5. The van der Waals surface area contributed by atoms with Gasteiger partial charge in [-0.2, -0.15) is 0 Å². The van der Waals surface area contributed by atoms with Gasteiger partial charge < -0.3 is 4.42 Å². The molecule has 0 saturated heterocycles. The second kappa shape index (κ2) is 8.85. The van der Waals surface area contributed by atoms with Gasteiger partial charge in [0.1, 0.15) is 11.2 Å². The Morgan fingerprint density at radius 1 is 0.462 bits per heavy atom. The summed E-state index contributed by atoms with van der Waals surface area (Å²) in [4.78, 5) is 0. The fourth-order valence-electron chi connectivity index (χ4n) is 5.50. The third-order valence-electron chi connectivity index (χ3n) is 7.26. The van der Waals surface area contributed by atoms with E-state index in [1.807, 2.05) is 36.4 Å². The fraction of sp³-hybridized carbons (Fsp3) is 0.0526. The number of hydrogen-bond donors (Lipinski definition) is 0. The molecule has 1 heterocycles. The lowest BCUT2D eigenvalue weighted by molar-refractivity contribution is 0.664. The van der Waals surface area contributed by atoms with Gasteiger partial charge in [0.15, 0.2) is 0 Å². The van der Waals surface area contributed by atoms with Crippen LogP contribution in [0.3, 0.4) is 0 Å². The van der Waals surface area contributed by atoms with E-state index in [9.17, 15) is 5.48 Å². The van der Waals surface area contributed by atoms with Crippen molar-refractivity contribution in [3.63, 3.8) is 0 Å². The van der Waals surface area contributed by atoms with Crippen LogP contribution in [0.4, 0.5) is 0 Å². The number of rotatable bonds is 4. The van der Waals surface area contributed by atoms with Crippen molar-refractivity contribution in [3.8, 4) is 0 Å². The predicted molar refractivity (Wildman–Crippen MR) is 165 cm³/mol. The summed E-state index contributed by atoms with van der Waals surface area (Å²) < 4.78 is 129. The third-order valence-corrected chi connectivity index (χ3v) is 7.26. The van der Waals surface area contributed by atoms with Crippen molar-refractivity contribution in [2.75, 3.05) is 0 Å². The average molecular weight is 513 g/mol. The molecule has 0 unspecified atom stereocenters. The SMILES string of the molecule is [2H]c1cc2c(Cc3c4c([2H])c([2H])c([2H])c([2H])c4c(Cc4cccc5c4oc4ccccc45)c4c([2H])c([2H])c([2H])c([2H])c34)c([2H])c([2H])c([2H])c2c([2H])c1[2H]. The van der Waals surface area contributed by atoms with Gasteiger partial charge in [-0.3, -0.25) is 0 Å². The molecule has 0 amide bonds. The smallest absolute Gasteiger partial charge is 0.138 e. The van der Waals surface area contributed by atoms with E-state index in [1.165, 1.54) is 6.07 Å². The van der Waals surface area contributed by atoms with Crippen molar-refractivity contribution in [2.45, 2.75) is 12.8 Å². The summed E-state index contributed by atoms with van der Waals surface area (Å²) in [6.07, 6.45) is -0.475. The number of fused-ring (bicyclic) bond motifs is 6. The van der Waals surface area contributed by atoms with Crippen LogP contribution in [-0.2, 0) is 12.8 Å². The second-order valence-electron chi connectivity index (χ2n) is 9.38. The number of hydrogen-bond acceptors (Lipinski definition) is 1. The summed E-state index contributed by atoms with van der Waals surface area (Å²) in [7, 11) is 0. The molecular formula is C38H26O. The van der Waals surface area contributed by atoms with Crippen LogP contribution in [0.1, 0.15) is 41.4 Å². The fourth-order valence-corrected chi connectivity index (χ4v) is 5.50. The summed E-state index contributed by atoms with van der Waals surface area (Å²) in [6, 6.07) is 7.20. The van der Waals surface area contributed by atoms with Crippen LogP contribution in [0.2, 0.25) is 0 Å². The Hall–Kier alpha value is -4.88. The van der Waals surface area contributed by atoms with Crippen LogP contribution >= 0.6 is 0 Å². The highest BCUT2D eigenvalue weighted by molar-refractivity contribution is 6.08. The van der Waals surface area contributed by atoms with E-state index in [-0.39, 0.29) is 61.5 Å². The van der Waals surface area contributed by atoms with E-state index in [2.05, 4.69) is 0 Å². The van der Waals surface area contributed by atoms with Gasteiger partial charge in [-0.15, -0.1) is 0 Å². The Balaban J connectivity index is 1.56. The van der Waals surface area contributed by atoms with Crippen LogP contribution in [0.15, 0.2) is 138 Å². The van der Waals surface area contributed by atoms with Crippen molar-refractivity contribution in [1.82, 2.24) is 0 Å². The maximum absolute atomic E-state index is 9.20. The summed E-state index contributed by atoms with van der Waals surface area (Å²) in [6.45, 7) is 0. The monoisotopic (exact) mass is 512 g/mol. The molecule has 1 nitrogen and oxygen atoms in total. The molecule has 0 aliphatic carbocycles. The quantitative estimate of drug-likeness (QED) is 0.214. The van der Waals surface area contributed by atoms with Crippen LogP contribution in [0.5, 0.6) is 0 Å². The standard InChI is InChI=1S/C38H26O/c1-2-15-28-25(11-1)12-9-13-26(28)23-35-29-16-3-5-18-31(29)36(32-19-6-4-17-30(32)35)24-27-14-10-21-34-33-20-7-8-22-37(33)39-38(27)34/h1-22H,23-24H2/i1D,2D,3D,4D,5D,6D,9D,11D,12D,13D,16D,17D,18D,19D. The molecule has 7 aromatic carbocycles. The molecule has 0 atom stereocenters. The molecule has 8 rings (SSSR count). The van der Waals surface area contributed by atoms with Gasteiger partial charge in [-0.1, -0.05) is 127 Å². The highest BCUT2D eigenvalue weighted by Gasteiger charge is 2.17. The molecule has 1 heteroatoms. The molecule has 0 radical (unpaired) electrons. The van der Waals surface area contributed by atoms with E-state index in [0.717, 1.165) is 10.8 Å². The van der Waals surface area contributed by atoms with E-state index in [4.69, 9.17) is 18.1 Å². The van der Waals surface area contributed by atoms with Gasteiger partial charge in [-0.25, -0.2) is 0 Å². The molecule has 8 aromatic rings. The van der Waals surface area contributed by atoms with E-state index >= 15 is 0 Å². The van der Waals surface area contributed by atoms with Crippen molar-refractivity contribution >= 4 is 54.3 Å². The third kappa shape index (κ3) is 3.55. The van der Waals surface area contributed by atoms with E-state index < -0.39 is 85.0 Å². The first-order chi connectivity index (χ1) is 25.1. The van der Waals surface area contributed by atoms with Gasteiger partial charge in [0, 0.05) is 17.2 Å². The topological polar surface area (TPSA) is 13.1 Å². The van der Waals surface area contributed by atoms with Crippen molar-refractivity contribution < 1.29 is 23.6 Å². The van der Waals surface area contributed by atoms with Gasteiger partial charge in [0.05, 0.1) is 19.2 Å². The maximum Gasteiger partial charge on any atom is 0.138 e. The van der Waals surface area contributed by atoms with Gasteiger partial charge in [0.2, 0.25) is 0 Å². The lowest BCUT2D eigenvalue weighted by atomic mass is 9.86. The molecule has 0 bridgehead atoms. The van der Waals surface area contributed by atoms with Gasteiger partial charge in [0.25, 0.3) is 0 Å². The Kier molecular flexibility index (Phi) is 2.80. The summed E-state index contributed by atoms with van der Waals surface area (Å²) in [5.41, 5.74) is 1.99. The summed E-state index contributed by atoms with van der Waals surface area (Å²) in [5, 5.41) is 1.46. The average Bonchev–Trinajstić information content (AvgIpc) is 3.53. The van der Waals surface area contributed by atoms with Gasteiger partial charge >= 0.3 is 0 Å². The Morgan fingerprint density at radius 3 is 1.82 bits per heavy atom. The maximum atomic E-state index is 9.20. The normalized spacial score (nSPS) is 16.8. The van der Waals surface area contributed by atoms with Crippen molar-refractivity contribution in [3.05, 3.63) is 155 Å². The molecule has 184 valence electrons. The Labute approximate surface area is 246 Å². The molecule has 39 heavy (non-hydrogen) atoms. The van der Waals surface area contributed by atoms with Gasteiger partial charge in [-0.05, 0) is 67.1 Å². The summed E-state index contributed by atoms with van der Waals surface area (Å²) >= 11 is 0. The lowest BCUT2D eigenvalue weighted by Gasteiger charge is -2.18. The molecule has 1 aromatic heterocycles. The Bertz CT molecular complexity index is 2860. The zero-order valence-electron chi connectivity index (χ0n) is 34.4. The van der Waals surface area contributed by atoms with Crippen LogP contribution in [0.25, 0.3) is 54.3 Å². The minimum atomic E-state index is -0.589. The number of para-hydroxylation sites is 2. The van der Waals surface area contributed by atoms with Crippen molar-refractivity contribution in [2.24, 2.45) is 0 Å². The molecule has 0 aliphatic heterocycles. The van der Waals surface area contributed by atoms with Crippen molar-refractivity contribution in [1.29, 1.82) is 0 Å². The molecule has 0 spiro atoms.